The Morgan fingerprint density at radius 3 is 1.69 bits per heavy atom. The molecule has 12 N–H and O–H groups in total. The van der Waals surface area contributed by atoms with Crippen molar-refractivity contribution >= 4 is 0 Å². The molecule has 1 fully saturated rings. The number of benzene rings is 6. The molecule has 1 heterocycles. The number of ether oxygens (including phenoxy) is 2. The third-order valence-electron chi connectivity index (χ3n) is 13.3. The highest BCUT2D eigenvalue weighted by molar-refractivity contribution is 5.74. The number of phenols is 8. The van der Waals surface area contributed by atoms with E-state index in [9.17, 15) is 61.3 Å². The number of rotatable bonds is 6. The second kappa shape index (κ2) is 14.5. The van der Waals surface area contributed by atoms with Crippen LogP contribution in [0.3, 0.4) is 0 Å². The molecule has 0 spiro atoms. The summed E-state index contributed by atoms with van der Waals surface area (Å²) in [6.07, 6.45) is -8.02. The quantitative estimate of drug-likeness (QED) is 0.106. The van der Waals surface area contributed by atoms with Crippen molar-refractivity contribution in [3.05, 3.63) is 159 Å². The molecule has 10 rings (SSSR count). The molecule has 0 amide bonds. The molecule has 62 heavy (non-hydrogen) atoms. The van der Waals surface area contributed by atoms with E-state index >= 15 is 0 Å². The lowest BCUT2D eigenvalue weighted by Crippen LogP contribution is -2.60. The Morgan fingerprint density at radius 2 is 1.02 bits per heavy atom. The van der Waals surface area contributed by atoms with Crippen molar-refractivity contribution in [1.82, 2.24) is 0 Å². The van der Waals surface area contributed by atoms with Gasteiger partial charge in [-0.15, -0.1) is 0 Å². The number of hydrogen-bond acceptors (Lipinski definition) is 14. The van der Waals surface area contributed by atoms with E-state index in [0.717, 1.165) is 0 Å². The van der Waals surface area contributed by atoms with E-state index in [0.29, 0.717) is 55.6 Å². The number of aliphatic hydroxyl groups excluding tert-OH is 4. The summed E-state index contributed by atoms with van der Waals surface area (Å²) in [6, 6.07) is 26.3. The first-order valence-corrected chi connectivity index (χ1v) is 20.1. The molecule has 14 nitrogen and oxygen atoms in total. The largest absolute Gasteiger partial charge is 0.508 e. The van der Waals surface area contributed by atoms with Crippen LogP contribution in [0.1, 0.15) is 91.1 Å². The molecule has 1 saturated heterocycles. The molecule has 6 aromatic rings. The molecule has 11 atom stereocenters. The summed E-state index contributed by atoms with van der Waals surface area (Å²) < 4.78 is 11.6. The first-order chi connectivity index (χ1) is 29.7. The Balaban J connectivity index is 1.27. The fraction of sp³-hybridized carbons (Fsp3) is 0.250. The lowest BCUT2D eigenvalue weighted by molar-refractivity contribution is -0.277. The molecule has 3 aliphatic carbocycles. The minimum Gasteiger partial charge on any atom is -0.508 e. The van der Waals surface area contributed by atoms with Crippen molar-refractivity contribution in [2.45, 2.75) is 66.2 Å². The van der Waals surface area contributed by atoms with Crippen LogP contribution >= 0.6 is 0 Å². The molecule has 0 unspecified atom stereocenters. The smallest absolute Gasteiger partial charge is 0.229 e. The third-order valence-corrected chi connectivity index (χ3v) is 13.3. The molecule has 0 radical (unpaired) electrons. The van der Waals surface area contributed by atoms with E-state index in [-0.39, 0.29) is 51.7 Å². The predicted octanol–water partition coefficient (Wildman–Crippen LogP) is 4.95. The monoisotopic (exact) mass is 842 g/mol. The Kier molecular flexibility index (Phi) is 9.21. The van der Waals surface area contributed by atoms with Crippen LogP contribution in [0.2, 0.25) is 0 Å². The van der Waals surface area contributed by atoms with E-state index < -0.39 is 72.8 Å². The van der Waals surface area contributed by atoms with Gasteiger partial charge in [-0.05, 0) is 93.5 Å². The van der Waals surface area contributed by atoms with Gasteiger partial charge in [0.25, 0.3) is 0 Å². The molecule has 0 aromatic heterocycles. The summed E-state index contributed by atoms with van der Waals surface area (Å²) in [7, 11) is 0. The lowest BCUT2D eigenvalue weighted by atomic mass is 9.66. The lowest BCUT2D eigenvalue weighted by Gasteiger charge is -2.39. The summed E-state index contributed by atoms with van der Waals surface area (Å²) in [6.45, 7) is -0.698. The van der Waals surface area contributed by atoms with Gasteiger partial charge in [0, 0.05) is 70.4 Å². The molecule has 318 valence electrons. The summed E-state index contributed by atoms with van der Waals surface area (Å²) in [5.74, 6) is -6.25. The second-order valence-electron chi connectivity index (χ2n) is 16.7. The molecular weight excluding hydrogens is 801 g/mol. The van der Waals surface area contributed by atoms with Gasteiger partial charge in [0.15, 0.2) is 0 Å². The summed E-state index contributed by atoms with van der Waals surface area (Å²) in [4.78, 5) is 0. The summed E-state index contributed by atoms with van der Waals surface area (Å²) in [5.41, 5.74) is 5.19. The van der Waals surface area contributed by atoms with Gasteiger partial charge in [0.2, 0.25) is 6.29 Å². The van der Waals surface area contributed by atoms with Gasteiger partial charge in [-0.25, -0.2) is 0 Å². The first-order valence-electron chi connectivity index (χ1n) is 20.1. The standard InChI is InChI=1S/C48H42O14/c49-18-34-45(58)46(59)47(60)48(62-34)61-27-12-21(11-25(53)13-27)37-36(20-3-7-23(51)8-4-20)43-39-28-10-9-24(52)14-29(28)35(19-1-5-22(50)6-2-19)40(30-15-26(54)16-31(55)38(30)39)42-33(57)17-32(56)41(37)44(42)43/h1-17,34-37,39-40,43,45-60H,18H2/t34-,35+,36+,37+,39+,40+,43+,45-,46+,47-,48-/m0/s1. The molecule has 0 saturated carbocycles. The van der Waals surface area contributed by atoms with Crippen molar-refractivity contribution in [3.8, 4) is 51.7 Å². The highest BCUT2D eigenvalue weighted by Gasteiger charge is 2.56. The third kappa shape index (κ3) is 5.97. The average Bonchev–Trinajstić information content (AvgIpc) is 3.45. The van der Waals surface area contributed by atoms with Gasteiger partial charge in [-0.1, -0.05) is 30.3 Å². The van der Waals surface area contributed by atoms with Gasteiger partial charge < -0.3 is 70.8 Å². The first kappa shape index (κ1) is 39.5. The van der Waals surface area contributed by atoms with Gasteiger partial charge in [-0.2, -0.15) is 0 Å². The van der Waals surface area contributed by atoms with E-state index in [1.807, 2.05) is 0 Å². The van der Waals surface area contributed by atoms with Crippen LogP contribution in [-0.4, -0.2) is 98.6 Å². The Morgan fingerprint density at radius 1 is 0.419 bits per heavy atom. The fourth-order valence-electron chi connectivity index (χ4n) is 10.9. The maximum Gasteiger partial charge on any atom is 0.229 e. The number of phenolic OH excluding ortho intramolecular Hbond substituents is 8. The van der Waals surface area contributed by atoms with Crippen LogP contribution < -0.4 is 4.74 Å². The van der Waals surface area contributed by atoms with Crippen LogP contribution in [0, 0.1) is 0 Å². The van der Waals surface area contributed by atoms with Crippen molar-refractivity contribution in [2.24, 2.45) is 0 Å². The molecule has 2 bridgehead atoms. The highest BCUT2D eigenvalue weighted by atomic mass is 16.7. The Labute approximate surface area is 353 Å². The van der Waals surface area contributed by atoms with Crippen LogP contribution in [0.25, 0.3) is 0 Å². The zero-order valence-electron chi connectivity index (χ0n) is 32.6. The average molecular weight is 843 g/mol. The van der Waals surface area contributed by atoms with Crippen molar-refractivity contribution in [3.63, 3.8) is 0 Å². The number of fused-ring (bicyclic) bond motifs is 4. The zero-order chi connectivity index (χ0) is 43.5. The fourth-order valence-corrected chi connectivity index (χ4v) is 10.9. The van der Waals surface area contributed by atoms with Crippen LogP contribution in [0.4, 0.5) is 0 Å². The zero-order valence-corrected chi connectivity index (χ0v) is 32.6. The van der Waals surface area contributed by atoms with Crippen LogP contribution in [0.5, 0.6) is 51.7 Å². The molecule has 6 aromatic carbocycles. The van der Waals surface area contributed by atoms with Crippen LogP contribution in [0.15, 0.2) is 103 Å². The van der Waals surface area contributed by atoms with Gasteiger partial charge in [0.05, 0.1) is 6.61 Å². The number of aromatic hydroxyl groups is 8. The summed E-state index contributed by atoms with van der Waals surface area (Å²) in [5, 5.41) is 133. The topological polar surface area (TPSA) is 261 Å². The SMILES string of the molecule is OC[C@@H]1O[C@H](Oc2cc(O)cc([C@H]3c4c(O)cc(O)c5c4[C@@H]([C@@H]4c6ccc(O)cc6[C@@H](c6ccc(O)cc6)[C@H]5c5cc(O)cc(O)c54)[C@@H]3c3ccc(O)cc3)c2)[C@@H](O)[C@H](O)[C@H]1O. The maximum absolute atomic E-state index is 12.3. The van der Waals surface area contributed by atoms with Gasteiger partial charge in [-0.3, -0.25) is 0 Å². The predicted molar refractivity (Wildman–Crippen MR) is 219 cm³/mol. The maximum atomic E-state index is 12.3. The van der Waals surface area contributed by atoms with E-state index in [2.05, 4.69) is 0 Å². The van der Waals surface area contributed by atoms with Crippen molar-refractivity contribution in [1.29, 1.82) is 0 Å². The molecule has 14 heteroatoms. The van der Waals surface area contributed by atoms with Crippen LogP contribution in [-0.2, 0) is 4.74 Å². The molecule has 4 aliphatic rings. The normalized spacial score (nSPS) is 28.0. The van der Waals surface area contributed by atoms with E-state index in [1.54, 1.807) is 54.6 Å². The van der Waals surface area contributed by atoms with Crippen molar-refractivity contribution < 1.29 is 70.8 Å². The number of hydrogen-bond donors (Lipinski definition) is 12. The molecular formula is C48H42O14. The van der Waals surface area contributed by atoms with E-state index in [4.69, 9.17) is 9.47 Å². The Bertz CT molecular complexity index is 2730. The Hall–Kier alpha value is -6.68. The summed E-state index contributed by atoms with van der Waals surface area (Å²) >= 11 is 0. The molecule has 1 aliphatic heterocycles. The van der Waals surface area contributed by atoms with E-state index in [1.165, 1.54) is 48.5 Å². The minimum atomic E-state index is -1.76. The number of aliphatic hydroxyl groups is 4. The highest BCUT2D eigenvalue weighted by Crippen LogP contribution is 2.71. The minimum absolute atomic E-state index is 0.00439. The van der Waals surface area contributed by atoms with Gasteiger partial charge >= 0.3 is 0 Å². The second-order valence-corrected chi connectivity index (χ2v) is 16.7. The van der Waals surface area contributed by atoms with Gasteiger partial charge in [0.1, 0.15) is 76.2 Å². The van der Waals surface area contributed by atoms with Crippen molar-refractivity contribution in [2.75, 3.05) is 6.61 Å².